The van der Waals surface area contributed by atoms with Crippen LogP contribution in [0, 0.1) is 6.92 Å². The number of amides is 2. The van der Waals surface area contributed by atoms with Crippen LogP contribution in [0.5, 0.6) is 0 Å². The summed E-state index contributed by atoms with van der Waals surface area (Å²) in [4.78, 5) is 27.2. The molecular formula is C25H27N3O4. The minimum Gasteiger partial charge on any atom is -0.445 e. The molecular weight excluding hydrogens is 406 g/mol. The van der Waals surface area contributed by atoms with E-state index in [1.165, 1.54) is 0 Å². The molecule has 1 aliphatic heterocycles. The van der Waals surface area contributed by atoms with Crippen molar-refractivity contribution in [3.05, 3.63) is 83.6 Å². The summed E-state index contributed by atoms with van der Waals surface area (Å²) >= 11 is 0. The monoisotopic (exact) mass is 433 g/mol. The van der Waals surface area contributed by atoms with Crippen molar-refractivity contribution in [1.82, 2.24) is 10.1 Å². The van der Waals surface area contributed by atoms with Crippen molar-refractivity contribution in [2.24, 2.45) is 0 Å². The fourth-order valence-electron chi connectivity index (χ4n) is 4.20. The Morgan fingerprint density at radius 2 is 1.72 bits per heavy atom. The standard InChI is InChI=1S/C25H27N3O4/c1-19-16-23(32-27-19)26-22(29)17-25(21-10-6-3-7-11-21)12-14-28(15-13-25)24(30)31-18-20-8-4-2-5-9-20/h2-11,16H,12-15,17-18H2,1H3,(H,26,29). The van der Waals surface area contributed by atoms with Crippen LogP contribution in [0.2, 0.25) is 0 Å². The van der Waals surface area contributed by atoms with Crippen molar-refractivity contribution in [2.45, 2.75) is 38.2 Å². The van der Waals surface area contributed by atoms with E-state index in [-0.39, 0.29) is 24.0 Å². The molecule has 0 atom stereocenters. The molecule has 3 aromatic rings. The second kappa shape index (κ2) is 9.68. The average Bonchev–Trinajstić information content (AvgIpc) is 3.23. The first-order valence-electron chi connectivity index (χ1n) is 10.8. The smallest absolute Gasteiger partial charge is 0.410 e. The maximum Gasteiger partial charge on any atom is 0.410 e. The highest BCUT2D eigenvalue weighted by Crippen LogP contribution is 2.39. The van der Waals surface area contributed by atoms with Gasteiger partial charge in [-0.2, -0.15) is 0 Å². The van der Waals surface area contributed by atoms with Gasteiger partial charge in [-0.15, -0.1) is 0 Å². The number of piperidine rings is 1. The van der Waals surface area contributed by atoms with Crippen molar-refractivity contribution in [3.8, 4) is 0 Å². The summed E-state index contributed by atoms with van der Waals surface area (Å²) in [7, 11) is 0. The van der Waals surface area contributed by atoms with Crippen LogP contribution in [0.3, 0.4) is 0 Å². The molecule has 7 nitrogen and oxygen atoms in total. The molecule has 0 unspecified atom stereocenters. The minimum absolute atomic E-state index is 0.134. The molecule has 1 N–H and O–H groups in total. The summed E-state index contributed by atoms with van der Waals surface area (Å²) < 4.78 is 10.6. The molecule has 0 aliphatic carbocycles. The molecule has 1 saturated heterocycles. The summed E-state index contributed by atoms with van der Waals surface area (Å²) in [5.41, 5.74) is 2.40. The summed E-state index contributed by atoms with van der Waals surface area (Å²) in [6.45, 7) is 3.10. The van der Waals surface area contributed by atoms with Crippen molar-refractivity contribution < 1.29 is 18.8 Å². The van der Waals surface area contributed by atoms with E-state index in [2.05, 4.69) is 22.6 Å². The third-order valence-electron chi connectivity index (χ3n) is 5.96. The SMILES string of the molecule is Cc1cc(NC(=O)CC2(c3ccccc3)CCN(C(=O)OCc3ccccc3)CC2)on1. The first-order valence-corrected chi connectivity index (χ1v) is 10.8. The number of carbonyl (C=O) groups excluding carboxylic acids is 2. The van der Waals surface area contributed by atoms with Crippen LogP contribution in [0.15, 0.2) is 71.3 Å². The van der Waals surface area contributed by atoms with Gasteiger partial charge in [-0.3, -0.25) is 10.1 Å². The van der Waals surface area contributed by atoms with Gasteiger partial charge >= 0.3 is 6.09 Å². The number of nitrogens with one attached hydrogen (secondary N) is 1. The van der Waals surface area contributed by atoms with E-state index in [1.807, 2.05) is 48.5 Å². The van der Waals surface area contributed by atoms with Crippen molar-refractivity contribution in [1.29, 1.82) is 0 Å². The fourth-order valence-corrected chi connectivity index (χ4v) is 4.20. The second-order valence-electron chi connectivity index (χ2n) is 8.23. The van der Waals surface area contributed by atoms with Crippen LogP contribution in [0.25, 0.3) is 0 Å². The van der Waals surface area contributed by atoms with E-state index in [9.17, 15) is 9.59 Å². The fraction of sp³-hybridized carbons (Fsp3) is 0.320. The van der Waals surface area contributed by atoms with Crippen LogP contribution in [-0.4, -0.2) is 35.1 Å². The maximum absolute atomic E-state index is 12.8. The van der Waals surface area contributed by atoms with Gasteiger partial charge in [0.1, 0.15) is 6.61 Å². The molecule has 0 saturated carbocycles. The number of likely N-dealkylation sites (tertiary alicyclic amines) is 1. The van der Waals surface area contributed by atoms with E-state index < -0.39 is 0 Å². The Morgan fingerprint density at radius 1 is 1.06 bits per heavy atom. The lowest BCUT2D eigenvalue weighted by Crippen LogP contribution is -2.46. The molecule has 2 amide bonds. The lowest BCUT2D eigenvalue weighted by atomic mass is 9.70. The Kier molecular flexibility index (Phi) is 6.54. The normalized spacial score (nSPS) is 15.2. The molecule has 1 fully saturated rings. The van der Waals surface area contributed by atoms with Crippen LogP contribution >= 0.6 is 0 Å². The maximum atomic E-state index is 12.8. The highest BCUT2D eigenvalue weighted by molar-refractivity contribution is 5.90. The lowest BCUT2D eigenvalue weighted by Gasteiger charge is -2.41. The van der Waals surface area contributed by atoms with E-state index in [1.54, 1.807) is 17.9 Å². The Labute approximate surface area is 187 Å². The Bertz CT molecular complexity index is 1040. The number of hydrogen-bond donors (Lipinski definition) is 1. The van der Waals surface area contributed by atoms with Crippen LogP contribution in [0.1, 0.15) is 36.1 Å². The second-order valence-corrected chi connectivity index (χ2v) is 8.23. The van der Waals surface area contributed by atoms with Crippen LogP contribution in [-0.2, 0) is 21.6 Å². The zero-order chi connectivity index (χ0) is 22.4. The van der Waals surface area contributed by atoms with E-state index in [4.69, 9.17) is 9.26 Å². The molecule has 2 heterocycles. The lowest BCUT2D eigenvalue weighted by molar-refractivity contribution is -0.118. The Morgan fingerprint density at radius 3 is 2.34 bits per heavy atom. The largest absolute Gasteiger partial charge is 0.445 e. The predicted octanol–water partition coefficient (Wildman–Crippen LogP) is 4.68. The van der Waals surface area contributed by atoms with Gasteiger partial charge in [-0.05, 0) is 30.9 Å². The van der Waals surface area contributed by atoms with E-state index in [0.717, 1.165) is 11.1 Å². The first-order chi connectivity index (χ1) is 15.5. The Hall–Kier alpha value is -3.61. The number of anilines is 1. The van der Waals surface area contributed by atoms with Gasteiger partial charge in [0.05, 0.1) is 5.69 Å². The average molecular weight is 434 g/mol. The van der Waals surface area contributed by atoms with Crippen molar-refractivity contribution in [2.75, 3.05) is 18.4 Å². The Balaban J connectivity index is 1.41. The van der Waals surface area contributed by atoms with Crippen LogP contribution in [0.4, 0.5) is 10.7 Å². The summed E-state index contributed by atoms with van der Waals surface area (Å²) in [5.74, 6) is 0.211. The molecule has 166 valence electrons. The number of hydrogen-bond acceptors (Lipinski definition) is 5. The van der Waals surface area contributed by atoms with Gasteiger partial charge < -0.3 is 14.2 Å². The first kappa shape index (κ1) is 21.6. The minimum atomic E-state index is -0.364. The summed E-state index contributed by atoms with van der Waals surface area (Å²) in [6.07, 6.45) is 1.31. The number of benzene rings is 2. The zero-order valence-electron chi connectivity index (χ0n) is 18.1. The highest BCUT2D eigenvalue weighted by atomic mass is 16.6. The molecule has 1 aliphatic rings. The molecule has 7 heteroatoms. The zero-order valence-corrected chi connectivity index (χ0v) is 18.1. The van der Waals surface area contributed by atoms with E-state index in [0.29, 0.717) is 43.9 Å². The van der Waals surface area contributed by atoms with Gasteiger partial charge in [-0.1, -0.05) is 65.8 Å². The number of ether oxygens (including phenoxy) is 1. The number of aromatic nitrogens is 1. The molecule has 32 heavy (non-hydrogen) atoms. The quantitative estimate of drug-likeness (QED) is 0.610. The summed E-state index contributed by atoms with van der Waals surface area (Å²) in [5, 5.41) is 6.62. The van der Waals surface area contributed by atoms with Gasteiger partial charge in [0.15, 0.2) is 0 Å². The van der Waals surface area contributed by atoms with Crippen molar-refractivity contribution in [3.63, 3.8) is 0 Å². The van der Waals surface area contributed by atoms with Gasteiger partial charge in [-0.25, -0.2) is 4.79 Å². The van der Waals surface area contributed by atoms with E-state index >= 15 is 0 Å². The third kappa shape index (κ3) is 5.17. The number of nitrogens with zero attached hydrogens (tertiary/aromatic N) is 2. The number of rotatable bonds is 6. The molecule has 0 radical (unpaired) electrons. The molecule has 2 aromatic carbocycles. The molecule has 4 rings (SSSR count). The highest BCUT2D eigenvalue weighted by Gasteiger charge is 2.39. The molecule has 0 spiro atoms. The van der Waals surface area contributed by atoms with Gasteiger partial charge in [0.2, 0.25) is 11.8 Å². The molecule has 1 aromatic heterocycles. The predicted molar refractivity (Wildman–Crippen MR) is 120 cm³/mol. The van der Waals surface area contributed by atoms with Gasteiger partial charge in [0.25, 0.3) is 0 Å². The summed E-state index contributed by atoms with van der Waals surface area (Å²) in [6, 6.07) is 21.3. The van der Waals surface area contributed by atoms with Crippen LogP contribution < -0.4 is 5.32 Å². The number of aryl methyl sites for hydroxylation is 1. The van der Waals surface area contributed by atoms with Crippen molar-refractivity contribution >= 4 is 17.9 Å². The third-order valence-corrected chi connectivity index (χ3v) is 5.96. The van der Waals surface area contributed by atoms with Gasteiger partial charge in [0, 0.05) is 31.0 Å². The molecule has 0 bridgehead atoms. The number of carbonyl (C=O) groups is 2. The topological polar surface area (TPSA) is 84.7 Å².